The van der Waals surface area contributed by atoms with Gasteiger partial charge in [-0.05, 0) is 51.6 Å². The van der Waals surface area contributed by atoms with Crippen molar-refractivity contribution in [3.8, 4) is 5.75 Å². The van der Waals surface area contributed by atoms with Crippen molar-refractivity contribution in [1.82, 2.24) is 4.90 Å². The Kier molecular flexibility index (Phi) is 5.07. The molecule has 2 N–H and O–H groups in total. The molecular formula is C24H26ClNO8. The number of hydrogen-bond donors (Lipinski definition) is 2. The zero-order valence-electron chi connectivity index (χ0n) is 19.2. The first-order valence-corrected chi connectivity index (χ1v) is 11.2. The van der Waals surface area contributed by atoms with Crippen LogP contribution in [0.2, 0.25) is 0 Å². The number of likely N-dealkylation sites (N-methyl/N-ethyl adjacent to an activating group) is 1. The van der Waals surface area contributed by atoms with E-state index in [1.54, 1.807) is 13.8 Å². The molecular weight excluding hydrogens is 466 g/mol. The fraction of sp³-hybridized carbons (Fsp3) is 0.542. The van der Waals surface area contributed by atoms with E-state index in [1.165, 1.54) is 6.07 Å². The zero-order valence-corrected chi connectivity index (χ0v) is 20.0. The van der Waals surface area contributed by atoms with Gasteiger partial charge < -0.3 is 29.3 Å². The van der Waals surface area contributed by atoms with Crippen molar-refractivity contribution >= 4 is 29.9 Å². The van der Waals surface area contributed by atoms with Crippen LogP contribution >= 0.6 is 12.4 Å². The molecule has 9 nitrogen and oxygen atoms in total. The molecule has 0 saturated carbocycles. The van der Waals surface area contributed by atoms with E-state index in [-0.39, 0.29) is 52.9 Å². The second-order valence-corrected chi connectivity index (χ2v) is 9.95. The lowest BCUT2D eigenvalue weighted by Gasteiger charge is -2.43. The maximum absolute atomic E-state index is 14.0. The third kappa shape index (κ3) is 2.73. The van der Waals surface area contributed by atoms with E-state index in [9.17, 15) is 24.6 Å². The van der Waals surface area contributed by atoms with E-state index in [0.717, 1.165) is 0 Å². The number of aromatic hydroxyl groups is 1. The lowest BCUT2D eigenvalue weighted by atomic mass is 9.73. The lowest BCUT2D eigenvalue weighted by Crippen LogP contribution is -2.53. The third-order valence-corrected chi connectivity index (χ3v) is 7.91. The van der Waals surface area contributed by atoms with Crippen LogP contribution in [-0.4, -0.2) is 77.2 Å². The van der Waals surface area contributed by atoms with E-state index in [2.05, 4.69) is 0 Å². The minimum Gasteiger partial charge on any atom is -0.507 e. The van der Waals surface area contributed by atoms with Crippen LogP contribution < -0.4 is 0 Å². The van der Waals surface area contributed by atoms with Gasteiger partial charge in [-0.1, -0.05) is 0 Å². The molecule has 1 aromatic carbocycles. The molecule has 1 aliphatic carbocycles. The molecule has 0 amide bonds. The van der Waals surface area contributed by atoms with E-state index >= 15 is 0 Å². The molecule has 0 spiro atoms. The molecule has 182 valence electrons. The van der Waals surface area contributed by atoms with Crippen LogP contribution in [0.25, 0.3) is 0 Å². The Labute approximate surface area is 202 Å². The first-order valence-electron chi connectivity index (χ1n) is 11.2. The number of benzene rings is 1. The van der Waals surface area contributed by atoms with Crippen molar-refractivity contribution in [3.63, 3.8) is 0 Å². The summed E-state index contributed by atoms with van der Waals surface area (Å²) in [5.74, 6) is -1.79. The van der Waals surface area contributed by atoms with Crippen LogP contribution in [0.4, 0.5) is 0 Å². The summed E-state index contributed by atoms with van der Waals surface area (Å²) in [5, 5.41) is 22.1. The van der Waals surface area contributed by atoms with E-state index in [1.807, 2.05) is 19.0 Å². The number of halogens is 1. The van der Waals surface area contributed by atoms with Gasteiger partial charge in [0.15, 0.2) is 17.7 Å². The SMILES string of the molecule is C[C@@H]1O[C@H]2CC(=O)O[C@H]2C2=C1C(=O)c1c(O)cc3c(c1C2=O)[C@H]1C[C@@H](N(C)C)[C@@H](O)[C@]3(C)O1.Cl. The molecule has 1 aromatic rings. The maximum Gasteiger partial charge on any atom is 0.309 e. The molecule has 6 rings (SSSR count). The topological polar surface area (TPSA) is 123 Å². The molecule has 4 aliphatic heterocycles. The number of aliphatic hydroxyl groups is 1. The summed E-state index contributed by atoms with van der Waals surface area (Å²) in [6.07, 6.45) is -3.32. The summed E-state index contributed by atoms with van der Waals surface area (Å²) in [6.45, 7) is 3.40. The Morgan fingerprint density at radius 2 is 1.79 bits per heavy atom. The summed E-state index contributed by atoms with van der Waals surface area (Å²) in [6, 6.07) is 1.20. The highest BCUT2D eigenvalue weighted by Crippen LogP contribution is 2.57. The molecule has 4 heterocycles. The summed E-state index contributed by atoms with van der Waals surface area (Å²) >= 11 is 0. The van der Waals surface area contributed by atoms with Gasteiger partial charge in [0.1, 0.15) is 23.6 Å². The van der Waals surface area contributed by atoms with Gasteiger partial charge in [-0.15, -0.1) is 12.4 Å². The third-order valence-electron chi connectivity index (χ3n) is 7.91. The Hall–Kier alpha value is -2.30. The standard InChI is InChI=1S/C24H25NO8.ClH/c1-8-15-19(22-13(31-8)7-14(27)32-22)21(29)18-16-9(5-11(26)17(18)20(15)28)24(2)23(30)10(25(3)4)6-12(16)33-24;/h5,8,10,12-13,22-23,26,30H,6-7H2,1-4H3;1H/t8-,10+,12+,13-,22+,23+,24+;/m0./s1. The Balaban J connectivity index is 0.00000241. The van der Waals surface area contributed by atoms with Gasteiger partial charge in [-0.2, -0.15) is 0 Å². The largest absolute Gasteiger partial charge is 0.507 e. The molecule has 10 heteroatoms. The number of ether oxygens (including phenoxy) is 3. The summed E-state index contributed by atoms with van der Waals surface area (Å²) in [5.41, 5.74) is 0.146. The number of phenols is 1. The predicted molar refractivity (Wildman–Crippen MR) is 119 cm³/mol. The number of ketones is 2. The molecule has 2 bridgehead atoms. The first kappa shape index (κ1) is 23.4. The van der Waals surface area contributed by atoms with Crippen molar-refractivity contribution in [1.29, 1.82) is 0 Å². The number of hydrogen-bond acceptors (Lipinski definition) is 9. The van der Waals surface area contributed by atoms with Gasteiger partial charge in [0.25, 0.3) is 0 Å². The van der Waals surface area contributed by atoms with Gasteiger partial charge >= 0.3 is 5.97 Å². The van der Waals surface area contributed by atoms with E-state index < -0.39 is 53.7 Å². The predicted octanol–water partition coefficient (Wildman–Crippen LogP) is 1.57. The van der Waals surface area contributed by atoms with Crippen molar-refractivity contribution in [2.75, 3.05) is 14.1 Å². The molecule has 0 unspecified atom stereocenters. The number of carbonyl (C=O) groups is 3. The highest BCUT2D eigenvalue weighted by Gasteiger charge is 2.59. The highest BCUT2D eigenvalue weighted by molar-refractivity contribution is 6.29. The Bertz CT molecular complexity index is 1190. The van der Waals surface area contributed by atoms with Crippen LogP contribution in [0.5, 0.6) is 5.75 Å². The highest BCUT2D eigenvalue weighted by atomic mass is 35.5. The molecule has 0 aromatic heterocycles. The van der Waals surface area contributed by atoms with Crippen molar-refractivity contribution in [2.24, 2.45) is 0 Å². The second kappa shape index (κ2) is 7.35. The van der Waals surface area contributed by atoms with Crippen LogP contribution in [0.15, 0.2) is 17.2 Å². The van der Waals surface area contributed by atoms with E-state index in [4.69, 9.17) is 14.2 Å². The fourth-order valence-corrected chi connectivity index (χ4v) is 6.35. The van der Waals surface area contributed by atoms with Crippen molar-refractivity contribution in [3.05, 3.63) is 39.5 Å². The quantitative estimate of drug-likeness (QED) is 0.563. The minimum absolute atomic E-state index is 0. The average molecular weight is 492 g/mol. The number of Topliss-reactive ketones (excluding diaryl/α,β-unsaturated/α-hetero) is 2. The van der Waals surface area contributed by atoms with Gasteiger partial charge in [-0.3, -0.25) is 14.4 Å². The molecule has 5 aliphatic rings. The van der Waals surface area contributed by atoms with Crippen molar-refractivity contribution < 1.29 is 38.8 Å². The van der Waals surface area contributed by atoms with Crippen molar-refractivity contribution in [2.45, 2.75) is 68.9 Å². The Morgan fingerprint density at radius 1 is 1.12 bits per heavy atom. The number of rotatable bonds is 1. The van der Waals surface area contributed by atoms with Crippen LogP contribution in [0, 0.1) is 0 Å². The normalized spacial score (nSPS) is 37.6. The maximum atomic E-state index is 14.0. The van der Waals surface area contributed by atoms with Gasteiger partial charge in [-0.25, -0.2) is 0 Å². The summed E-state index contributed by atoms with van der Waals surface area (Å²) in [7, 11) is 3.73. The molecule has 2 saturated heterocycles. The number of carbonyl (C=O) groups excluding carboxylic acids is 3. The second-order valence-electron chi connectivity index (χ2n) is 9.95. The molecule has 2 fully saturated rings. The summed E-state index contributed by atoms with van der Waals surface area (Å²) < 4.78 is 17.5. The number of nitrogens with zero attached hydrogens (tertiary/aromatic N) is 1. The first-order chi connectivity index (χ1) is 15.5. The van der Waals surface area contributed by atoms with E-state index in [0.29, 0.717) is 17.5 Å². The number of esters is 1. The van der Waals surface area contributed by atoms with Gasteiger partial charge in [0.2, 0.25) is 0 Å². The van der Waals surface area contributed by atoms with Crippen LogP contribution in [0.3, 0.4) is 0 Å². The van der Waals surface area contributed by atoms with Gasteiger partial charge in [0.05, 0.1) is 29.8 Å². The van der Waals surface area contributed by atoms with Crippen LogP contribution in [0.1, 0.15) is 64.6 Å². The Morgan fingerprint density at radius 3 is 2.47 bits per heavy atom. The summed E-state index contributed by atoms with van der Waals surface area (Å²) in [4.78, 5) is 41.5. The molecule has 34 heavy (non-hydrogen) atoms. The van der Waals surface area contributed by atoms with Crippen LogP contribution in [-0.2, 0) is 24.6 Å². The lowest BCUT2D eigenvalue weighted by molar-refractivity contribution is -0.194. The molecule has 0 radical (unpaired) electrons. The fourth-order valence-electron chi connectivity index (χ4n) is 6.35. The number of aliphatic hydroxyl groups excluding tert-OH is 1. The van der Waals surface area contributed by atoms with Gasteiger partial charge in [0, 0.05) is 17.2 Å². The average Bonchev–Trinajstić information content (AvgIpc) is 3.22. The minimum atomic E-state index is -1.15. The number of phenolic OH excluding ortho intramolecular Hbond substituents is 1. The molecule has 7 atom stereocenters. The zero-order chi connectivity index (χ0) is 23.6. The monoisotopic (exact) mass is 491 g/mol. The number of fused-ring (bicyclic) bond motifs is 9. The smallest absolute Gasteiger partial charge is 0.309 e.